The number of rotatable bonds is 7. The second kappa shape index (κ2) is 10.9. The fourth-order valence-electron chi connectivity index (χ4n) is 6.77. The number of benzene rings is 2. The van der Waals surface area contributed by atoms with Gasteiger partial charge < -0.3 is 15.5 Å². The maximum atomic E-state index is 14.1. The lowest BCUT2D eigenvalue weighted by molar-refractivity contribution is -0.138. The van der Waals surface area contributed by atoms with Crippen LogP contribution >= 0.6 is 11.6 Å². The number of nitrogens with zero attached hydrogens (tertiary/aromatic N) is 3. The van der Waals surface area contributed by atoms with Gasteiger partial charge in [0.05, 0.1) is 11.5 Å². The van der Waals surface area contributed by atoms with Gasteiger partial charge in [-0.05, 0) is 82.7 Å². The van der Waals surface area contributed by atoms with Crippen LogP contribution in [-0.2, 0) is 26.2 Å². The number of para-hydroxylation sites is 1. The second-order valence-corrected chi connectivity index (χ2v) is 12.3. The number of anilines is 1. The Hall–Kier alpha value is -2.90. The number of carbonyl (C=O) groups is 3. The molecule has 208 valence electrons. The van der Waals surface area contributed by atoms with E-state index in [0.717, 1.165) is 42.5 Å². The van der Waals surface area contributed by atoms with Crippen molar-refractivity contribution in [2.24, 2.45) is 11.7 Å². The van der Waals surface area contributed by atoms with Crippen molar-refractivity contribution in [2.45, 2.75) is 75.9 Å². The number of amides is 3. The third-order valence-electron chi connectivity index (χ3n) is 9.26. The van der Waals surface area contributed by atoms with Crippen LogP contribution in [-0.4, -0.2) is 65.8 Å². The highest BCUT2D eigenvalue weighted by Crippen LogP contribution is 2.43. The van der Waals surface area contributed by atoms with Gasteiger partial charge in [-0.15, -0.1) is 0 Å². The van der Waals surface area contributed by atoms with Crippen molar-refractivity contribution in [3.8, 4) is 0 Å². The first kappa shape index (κ1) is 27.7. The summed E-state index contributed by atoms with van der Waals surface area (Å²) in [7, 11) is 1.99. The summed E-state index contributed by atoms with van der Waals surface area (Å²) in [5, 5.41) is 0.651. The van der Waals surface area contributed by atoms with Gasteiger partial charge in [-0.3, -0.25) is 19.3 Å². The number of hydrogen-bond acceptors (Lipinski definition) is 4. The number of likely N-dealkylation sites (N-methyl/N-ethyl adjacent to an activating group) is 1. The molecular weight excluding hydrogens is 512 g/mol. The van der Waals surface area contributed by atoms with Gasteiger partial charge in [0, 0.05) is 41.8 Å². The summed E-state index contributed by atoms with van der Waals surface area (Å²) in [6.45, 7) is 5.18. The van der Waals surface area contributed by atoms with Crippen LogP contribution in [0.1, 0.15) is 57.1 Å². The van der Waals surface area contributed by atoms with Gasteiger partial charge in [-0.1, -0.05) is 48.0 Å². The third kappa shape index (κ3) is 5.19. The van der Waals surface area contributed by atoms with E-state index in [1.165, 1.54) is 0 Å². The molecule has 2 aromatic carbocycles. The molecule has 3 aliphatic rings. The molecule has 1 saturated heterocycles. The summed E-state index contributed by atoms with van der Waals surface area (Å²) in [5.74, 6) is -0.195. The molecule has 0 unspecified atom stereocenters. The van der Waals surface area contributed by atoms with Gasteiger partial charge in [0.1, 0.15) is 0 Å². The molecule has 2 aliphatic heterocycles. The molecule has 1 saturated carbocycles. The van der Waals surface area contributed by atoms with E-state index in [0.29, 0.717) is 31.0 Å². The highest BCUT2D eigenvalue weighted by Gasteiger charge is 2.47. The van der Waals surface area contributed by atoms with E-state index in [9.17, 15) is 14.4 Å². The molecule has 2 N–H and O–H groups in total. The molecule has 0 radical (unpaired) electrons. The minimum Gasteiger partial charge on any atom is -0.369 e. The molecular formula is C31H39ClN4O3. The quantitative estimate of drug-likeness (QED) is 0.561. The minimum atomic E-state index is -0.545. The van der Waals surface area contributed by atoms with Crippen molar-refractivity contribution in [2.75, 3.05) is 25.0 Å². The Morgan fingerprint density at radius 2 is 1.72 bits per heavy atom. The third-order valence-corrected chi connectivity index (χ3v) is 9.63. The molecule has 1 aliphatic carbocycles. The first-order chi connectivity index (χ1) is 18.6. The monoisotopic (exact) mass is 550 g/mol. The number of likely N-dealkylation sites (tertiary alicyclic amines) is 1. The summed E-state index contributed by atoms with van der Waals surface area (Å²) in [4.78, 5) is 45.4. The van der Waals surface area contributed by atoms with Crippen LogP contribution in [0.4, 0.5) is 5.69 Å². The zero-order valence-electron chi connectivity index (χ0n) is 23.1. The predicted octanol–water partition coefficient (Wildman–Crippen LogP) is 4.15. The van der Waals surface area contributed by atoms with E-state index >= 15 is 0 Å². The van der Waals surface area contributed by atoms with Gasteiger partial charge in [0.25, 0.3) is 0 Å². The van der Waals surface area contributed by atoms with E-state index in [4.69, 9.17) is 17.3 Å². The van der Waals surface area contributed by atoms with E-state index in [1.807, 2.05) is 79.2 Å². The minimum absolute atomic E-state index is 0.0652. The van der Waals surface area contributed by atoms with Crippen LogP contribution in [0.15, 0.2) is 48.5 Å². The molecule has 0 bridgehead atoms. The van der Waals surface area contributed by atoms with Crippen molar-refractivity contribution < 1.29 is 14.4 Å². The zero-order valence-corrected chi connectivity index (χ0v) is 23.9. The number of primary amides is 1. The lowest BCUT2D eigenvalue weighted by atomic mass is 9.86. The second-order valence-electron chi connectivity index (χ2n) is 11.9. The molecule has 39 heavy (non-hydrogen) atoms. The molecule has 0 aromatic heterocycles. The number of fused-ring (bicyclic) bond motifs is 1. The molecule has 8 heteroatoms. The van der Waals surface area contributed by atoms with Gasteiger partial charge in [-0.2, -0.15) is 0 Å². The average molecular weight is 551 g/mol. The van der Waals surface area contributed by atoms with Gasteiger partial charge in [0.15, 0.2) is 0 Å². The largest absolute Gasteiger partial charge is 0.369 e. The summed E-state index contributed by atoms with van der Waals surface area (Å²) in [6, 6.07) is 15.5. The van der Waals surface area contributed by atoms with Crippen molar-refractivity contribution in [3.05, 3.63) is 64.7 Å². The van der Waals surface area contributed by atoms with Crippen molar-refractivity contribution >= 4 is 35.0 Å². The summed E-state index contributed by atoms with van der Waals surface area (Å²) in [5.41, 5.74) is 8.06. The number of halogens is 1. The lowest BCUT2D eigenvalue weighted by Crippen LogP contribution is -2.55. The van der Waals surface area contributed by atoms with Crippen LogP contribution in [0.25, 0.3) is 0 Å². The Balaban J connectivity index is 1.32. The van der Waals surface area contributed by atoms with Crippen LogP contribution < -0.4 is 10.6 Å². The first-order valence-electron chi connectivity index (χ1n) is 14.1. The Labute approximate surface area is 236 Å². The van der Waals surface area contributed by atoms with E-state index in [1.54, 1.807) is 0 Å². The van der Waals surface area contributed by atoms with Crippen LogP contribution in [0.2, 0.25) is 5.02 Å². The Morgan fingerprint density at radius 1 is 1.05 bits per heavy atom. The topological polar surface area (TPSA) is 86.9 Å². The van der Waals surface area contributed by atoms with E-state index in [-0.39, 0.29) is 35.7 Å². The summed E-state index contributed by atoms with van der Waals surface area (Å²) in [6.07, 6.45) is 4.23. The standard InChI is InChI=1S/C31H39ClN4O3/c1-31(2)24-9-5-7-11-26(24)36(30(31)39)22-14-16-35(17-15-22)29(38)27(19-20-8-4-6-10-25(20)32)34(3)23-13-12-21(18-23)28(33)37/h4-11,21-23,27H,12-19H2,1-3H3,(H2,33,37)/t21-,23+,27-/m0/s1. The molecule has 3 amide bonds. The van der Waals surface area contributed by atoms with Crippen LogP contribution in [0.5, 0.6) is 0 Å². The lowest BCUT2D eigenvalue weighted by Gasteiger charge is -2.41. The highest BCUT2D eigenvalue weighted by molar-refractivity contribution is 6.31. The molecule has 2 heterocycles. The Kier molecular flexibility index (Phi) is 7.75. The van der Waals surface area contributed by atoms with Crippen molar-refractivity contribution in [1.82, 2.24) is 9.80 Å². The number of hydrogen-bond donors (Lipinski definition) is 1. The highest BCUT2D eigenvalue weighted by atomic mass is 35.5. The Morgan fingerprint density at radius 3 is 2.38 bits per heavy atom. The molecule has 5 rings (SSSR count). The van der Waals surface area contributed by atoms with Crippen LogP contribution in [0, 0.1) is 5.92 Å². The summed E-state index contributed by atoms with van der Waals surface area (Å²) < 4.78 is 0. The molecule has 2 fully saturated rings. The van der Waals surface area contributed by atoms with Gasteiger partial charge >= 0.3 is 0 Å². The zero-order chi connectivity index (χ0) is 27.9. The smallest absolute Gasteiger partial charge is 0.240 e. The summed E-state index contributed by atoms with van der Waals surface area (Å²) >= 11 is 6.52. The number of carbonyl (C=O) groups excluding carboxylic acids is 3. The molecule has 0 spiro atoms. The normalized spacial score (nSPS) is 23.8. The maximum Gasteiger partial charge on any atom is 0.240 e. The van der Waals surface area contributed by atoms with E-state index in [2.05, 4.69) is 4.90 Å². The number of nitrogens with two attached hydrogens (primary N) is 1. The molecule has 3 atom stereocenters. The Bertz CT molecular complexity index is 1260. The van der Waals surface area contributed by atoms with Crippen molar-refractivity contribution in [1.29, 1.82) is 0 Å². The maximum absolute atomic E-state index is 14.1. The van der Waals surface area contributed by atoms with Gasteiger partial charge in [-0.25, -0.2) is 0 Å². The first-order valence-corrected chi connectivity index (χ1v) is 14.4. The van der Waals surface area contributed by atoms with Crippen molar-refractivity contribution in [3.63, 3.8) is 0 Å². The molecule has 7 nitrogen and oxygen atoms in total. The SMILES string of the molecule is CN([C@@H]1CC[C@H](C(N)=O)C1)[C@@H](Cc1ccccc1Cl)C(=O)N1CCC(N2C(=O)C(C)(C)c3ccccc32)CC1. The van der Waals surface area contributed by atoms with Gasteiger partial charge in [0.2, 0.25) is 17.7 Å². The fraction of sp³-hybridized carbons (Fsp3) is 0.516. The number of piperidine rings is 1. The van der Waals surface area contributed by atoms with Crippen LogP contribution in [0.3, 0.4) is 0 Å². The average Bonchev–Trinajstić information content (AvgIpc) is 3.50. The fourth-order valence-corrected chi connectivity index (χ4v) is 6.99. The van der Waals surface area contributed by atoms with E-state index < -0.39 is 11.5 Å². The predicted molar refractivity (Wildman–Crippen MR) is 154 cm³/mol. The molecule has 2 aromatic rings.